The predicted octanol–water partition coefficient (Wildman–Crippen LogP) is 4.96. The van der Waals surface area contributed by atoms with Crippen LogP contribution in [0, 0.1) is 5.82 Å². The van der Waals surface area contributed by atoms with Gasteiger partial charge in [0.2, 0.25) is 0 Å². The zero-order valence-electron chi connectivity index (χ0n) is 9.29. The zero-order chi connectivity index (χ0) is 13.1. The maximum absolute atomic E-state index is 14.1. The van der Waals surface area contributed by atoms with Crippen LogP contribution < -0.4 is 5.73 Å². The van der Waals surface area contributed by atoms with Gasteiger partial charge in [-0.2, -0.15) is 0 Å². The van der Waals surface area contributed by atoms with Crippen molar-refractivity contribution in [2.75, 3.05) is 0 Å². The van der Waals surface area contributed by atoms with Crippen LogP contribution in [-0.2, 0) is 6.54 Å². The van der Waals surface area contributed by atoms with Crippen LogP contribution in [0.2, 0.25) is 0 Å². The van der Waals surface area contributed by atoms with E-state index in [4.69, 9.17) is 5.73 Å². The van der Waals surface area contributed by atoms with E-state index in [0.717, 1.165) is 14.9 Å². The van der Waals surface area contributed by atoms with E-state index in [9.17, 15) is 4.39 Å². The molecule has 0 amide bonds. The molecule has 5 heteroatoms. The Morgan fingerprint density at radius 2 is 1.78 bits per heavy atom. The van der Waals surface area contributed by atoms with Crippen LogP contribution >= 0.6 is 43.6 Å². The van der Waals surface area contributed by atoms with Crippen LogP contribution in [0.3, 0.4) is 0 Å². The Balaban J connectivity index is 2.36. The van der Waals surface area contributed by atoms with Crippen molar-refractivity contribution in [1.82, 2.24) is 0 Å². The lowest BCUT2D eigenvalue weighted by molar-refractivity contribution is 0.592. The third-order valence-corrected chi connectivity index (χ3v) is 5.33. The largest absolute Gasteiger partial charge is 0.326 e. The predicted molar refractivity (Wildman–Crippen MR) is 80.3 cm³/mol. The molecule has 0 bridgehead atoms. The number of nitrogens with two attached hydrogens (primary N) is 1. The first kappa shape index (κ1) is 14.1. The summed E-state index contributed by atoms with van der Waals surface area (Å²) in [5.41, 5.74) is 6.30. The molecule has 0 fully saturated rings. The van der Waals surface area contributed by atoms with Crippen molar-refractivity contribution in [2.45, 2.75) is 16.3 Å². The Morgan fingerprint density at radius 1 is 1.06 bits per heavy atom. The van der Waals surface area contributed by atoms with Crippen molar-refractivity contribution in [1.29, 1.82) is 0 Å². The van der Waals surface area contributed by atoms with E-state index < -0.39 is 0 Å². The van der Waals surface area contributed by atoms with Crippen LogP contribution in [0.25, 0.3) is 0 Å². The summed E-state index contributed by atoms with van der Waals surface area (Å²) in [6.07, 6.45) is 0. The molecule has 0 aliphatic carbocycles. The van der Waals surface area contributed by atoms with Crippen molar-refractivity contribution >= 4 is 43.6 Å². The van der Waals surface area contributed by atoms with Crippen LogP contribution in [0.15, 0.2) is 55.1 Å². The second-order valence-electron chi connectivity index (χ2n) is 3.59. The van der Waals surface area contributed by atoms with Crippen molar-refractivity contribution in [3.8, 4) is 0 Å². The quantitative estimate of drug-likeness (QED) is 0.801. The van der Waals surface area contributed by atoms with E-state index in [1.54, 1.807) is 6.07 Å². The molecule has 0 radical (unpaired) electrons. The molecule has 2 aromatic rings. The highest BCUT2D eigenvalue weighted by Gasteiger charge is 2.12. The molecule has 2 N–H and O–H groups in total. The molecule has 0 saturated heterocycles. The molecule has 0 aliphatic heterocycles. The molecule has 0 aliphatic rings. The van der Waals surface area contributed by atoms with E-state index >= 15 is 0 Å². The molecule has 0 aromatic heterocycles. The Labute approximate surface area is 126 Å². The van der Waals surface area contributed by atoms with Crippen molar-refractivity contribution < 1.29 is 4.39 Å². The second kappa shape index (κ2) is 6.19. The van der Waals surface area contributed by atoms with Crippen molar-refractivity contribution in [3.05, 3.63) is 56.7 Å². The number of hydrogen-bond acceptors (Lipinski definition) is 2. The number of benzene rings is 2. The monoisotopic (exact) mass is 389 g/mol. The minimum atomic E-state index is -0.265. The molecule has 1 nitrogen and oxygen atoms in total. The molecular weight excluding hydrogens is 381 g/mol. The van der Waals surface area contributed by atoms with Crippen LogP contribution in [-0.4, -0.2) is 0 Å². The van der Waals surface area contributed by atoms with E-state index in [0.29, 0.717) is 15.9 Å². The number of hydrogen-bond donors (Lipinski definition) is 1. The van der Waals surface area contributed by atoms with Gasteiger partial charge in [-0.3, -0.25) is 0 Å². The summed E-state index contributed by atoms with van der Waals surface area (Å²) in [6, 6.07) is 11.3. The highest BCUT2D eigenvalue weighted by Crippen LogP contribution is 2.37. The lowest BCUT2D eigenvalue weighted by Crippen LogP contribution is -1.99. The summed E-state index contributed by atoms with van der Waals surface area (Å²) in [5, 5.41) is 0. The molecule has 2 rings (SSSR count). The van der Waals surface area contributed by atoms with Crippen LogP contribution in [0.1, 0.15) is 5.56 Å². The fourth-order valence-electron chi connectivity index (χ4n) is 1.45. The highest BCUT2D eigenvalue weighted by molar-refractivity contribution is 9.10. The highest BCUT2D eigenvalue weighted by atomic mass is 79.9. The maximum atomic E-state index is 14.1. The molecular formula is C13H10Br2FNS. The minimum Gasteiger partial charge on any atom is -0.326 e. The third-order valence-electron chi connectivity index (χ3n) is 2.40. The second-order valence-corrected chi connectivity index (χ2v) is 6.32. The average molecular weight is 391 g/mol. The summed E-state index contributed by atoms with van der Waals surface area (Å²) in [5.74, 6) is -0.265. The zero-order valence-corrected chi connectivity index (χ0v) is 13.3. The van der Waals surface area contributed by atoms with Crippen LogP contribution in [0.4, 0.5) is 4.39 Å². The standard InChI is InChI=1S/C13H10Br2FNS/c14-9-3-1-2-4-10(9)18-11-6-5-8(7-17)12(15)13(11)16/h1-6H,7,17H2. The molecule has 0 atom stereocenters. The van der Waals surface area contributed by atoms with Gasteiger partial charge in [0.15, 0.2) is 5.82 Å². The van der Waals surface area contributed by atoms with E-state index in [2.05, 4.69) is 31.9 Å². The molecule has 94 valence electrons. The average Bonchev–Trinajstić information content (AvgIpc) is 2.38. The van der Waals surface area contributed by atoms with Gasteiger partial charge in [0.05, 0.1) is 4.47 Å². The number of rotatable bonds is 3. The minimum absolute atomic E-state index is 0.265. The van der Waals surface area contributed by atoms with Gasteiger partial charge >= 0.3 is 0 Å². The van der Waals surface area contributed by atoms with Gasteiger partial charge in [0, 0.05) is 20.8 Å². The van der Waals surface area contributed by atoms with Gasteiger partial charge in [0.1, 0.15) is 0 Å². The Bertz CT molecular complexity index is 575. The van der Waals surface area contributed by atoms with E-state index in [1.807, 2.05) is 30.3 Å². The lowest BCUT2D eigenvalue weighted by atomic mass is 10.2. The fourth-order valence-corrected chi connectivity index (χ4v) is 3.50. The van der Waals surface area contributed by atoms with Gasteiger partial charge in [-0.1, -0.05) is 30.0 Å². The van der Waals surface area contributed by atoms with Gasteiger partial charge in [-0.15, -0.1) is 0 Å². The Hall–Kier alpha value is -0.360. The SMILES string of the molecule is NCc1ccc(Sc2ccccc2Br)c(F)c1Br. The van der Waals surface area contributed by atoms with Gasteiger partial charge in [-0.05, 0) is 55.6 Å². The summed E-state index contributed by atoms with van der Waals surface area (Å²) in [4.78, 5) is 1.55. The molecule has 0 heterocycles. The summed E-state index contributed by atoms with van der Waals surface area (Å²) in [7, 11) is 0. The summed E-state index contributed by atoms with van der Waals surface area (Å²) < 4.78 is 15.5. The smallest absolute Gasteiger partial charge is 0.151 e. The first-order valence-electron chi connectivity index (χ1n) is 5.23. The van der Waals surface area contributed by atoms with Crippen molar-refractivity contribution in [2.24, 2.45) is 5.73 Å². The van der Waals surface area contributed by atoms with E-state index in [-0.39, 0.29) is 5.82 Å². The van der Waals surface area contributed by atoms with Gasteiger partial charge in [0.25, 0.3) is 0 Å². The first-order chi connectivity index (χ1) is 8.63. The molecule has 0 saturated carbocycles. The molecule has 2 aromatic carbocycles. The van der Waals surface area contributed by atoms with Crippen molar-refractivity contribution in [3.63, 3.8) is 0 Å². The molecule has 0 spiro atoms. The molecule has 0 unspecified atom stereocenters. The third kappa shape index (κ3) is 2.96. The normalized spacial score (nSPS) is 10.7. The summed E-state index contributed by atoms with van der Waals surface area (Å²) >= 11 is 8.07. The topological polar surface area (TPSA) is 26.0 Å². The lowest BCUT2D eigenvalue weighted by Gasteiger charge is -2.09. The number of halogens is 3. The van der Waals surface area contributed by atoms with Gasteiger partial charge < -0.3 is 5.73 Å². The van der Waals surface area contributed by atoms with Crippen LogP contribution in [0.5, 0.6) is 0 Å². The van der Waals surface area contributed by atoms with Gasteiger partial charge in [-0.25, -0.2) is 4.39 Å². The first-order valence-corrected chi connectivity index (χ1v) is 7.63. The molecule has 18 heavy (non-hydrogen) atoms. The maximum Gasteiger partial charge on any atom is 0.151 e. The summed E-state index contributed by atoms with van der Waals surface area (Å²) in [6.45, 7) is 0.317. The Kier molecular flexibility index (Phi) is 4.84. The Morgan fingerprint density at radius 3 is 2.44 bits per heavy atom. The fraction of sp³-hybridized carbons (Fsp3) is 0.0769. The van der Waals surface area contributed by atoms with E-state index in [1.165, 1.54) is 11.8 Å².